The normalized spacial score (nSPS) is 11.6. The van der Waals surface area contributed by atoms with E-state index in [-0.39, 0.29) is 28.8 Å². The lowest BCUT2D eigenvalue weighted by Crippen LogP contribution is -2.34. The van der Waals surface area contributed by atoms with Gasteiger partial charge >= 0.3 is 5.97 Å². The van der Waals surface area contributed by atoms with Crippen molar-refractivity contribution in [3.8, 4) is 5.75 Å². The molecule has 2 amide bonds. The van der Waals surface area contributed by atoms with Crippen molar-refractivity contribution in [3.63, 3.8) is 0 Å². The summed E-state index contributed by atoms with van der Waals surface area (Å²) < 4.78 is 18.7. The second-order valence-corrected chi connectivity index (χ2v) is 6.34. The molecule has 2 aromatic carbocycles. The largest absolute Gasteiger partial charge is 0.494 e. The Morgan fingerprint density at radius 2 is 1.50 bits per heavy atom. The lowest BCUT2D eigenvalue weighted by Gasteiger charge is -2.16. The summed E-state index contributed by atoms with van der Waals surface area (Å²) in [4.78, 5) is 35.9. The van der Waals surface area contributed by atoms with E-state index in [0.717, 1.165) is 6.07 Å². The molecule has 1 atom stereocenters. The lowest BCUT2D eigenvalue weighted by molar-refractivity contribution is -0.139. The molecule has 148 valence electrons. The molecule has 2 rings (SSSR count). The van der Waals surface area contributed by atoms with Crippen LogP contribution in [0.1, 0.15) is 46.2 Å². The molecule has 28 heavy (non-hydrogen) atoms. The summed E-state index contributed by atoms with van der Waals surface area (Å²) >= 11 is 0. The SMILES string of the molecule is COc1ccc(C(NC(=O)c2ccc(C(=O)NC(C)C)cc2)C(=O)O)cc1F. The molecule has 0 aromatic heterocycles. The average Bonchev–Trinajstić information content (AvgIpc) is 2.65. The highest BCUT2D eigenvalue weighted by Crippen LogP contribution is 2.22. The zero-order valence-electron chi connectivity index (χ0n) is 15.7. The van der Waals surface area contributed by atoms with Crippen LogP contribution in [0.3, 0.4) is 0 Å². The molecule has 2 aromatic rings. The summed E-state index contributed by atoms with van der Waals surface area (Å²) in [5.41, 5.74) is 0.602. The molecule has 0 aliphatic heterocycles. The van der Waals surface area contributed by atoms with Crippen molar-refractivity contribution in [2.24, 2.45) is 0 Å². The van der Waals surface area contributed by atoms with E-state index in [4.69, 9.17) is 4.74 Å². The van der Waals surface area contributed by atoms with Crippen LogP contribution in [0.5, 0.6) is 5.75 Å². The smallest absolute Gasteiger partial charge is 0.330 e. The minimum atomic E-state index is -1.45. The summed E-state index contributed by atoms with van der Waals surface area (Å²) in [6.45, 7) is 3.65. The predicted octanol–water partition coefficient (Wildman–Crippen LogP) is 2.53. The minimum Gasteiger partial charge on any atom is -0.494 e. The number of hydrogen-bond donors (Lipinski definition) is 3. The Kier molecular flexibility index (Phi) is 6.70. The minimum absolute atomic E-state index is 0.0308. The van der Waals surface area contributed by atoms with Gasteiger partial charge in [-0.1, -0.05) is 6.07 Å². The number of ether oxygens (including phenoxy) is 1. The Morgan fingerprint density at radius 3 is 1.93 bits per heavy atom. The first-order valence-corrected chi connectivity index (χ1v) is 8.51. The van der Waals surface area contributed by atoms with Crippen LogP contribution in [-0.4, -0.2) is 36.0 Å². The number of methoxy groups -OCH3 is 1. The van der Waals surface area contributed by atoms with Gasteiger partial charge in [-0.3, -0.25) is 9.59 Å². The van der Waals surface area contributed by atoms with Gasteiger partial charge < -0.3 is 20.5 Å². The second kappa shape index (κ2) is 8.98. The van der Waals surface area contributed by atoms with E-state index in [9.17, 15) is 23.9 Å². The number of carbonyl (C=O) groups excluding carboxylic acids is 2. The van der Waals surface area contributed by atoms with E-state index in [1.165, 1.54) is 43.5 Å². The van der Waals surface area contributed by atoms with Crippen molar-refractivity contribution in [3.05, 3.63) is 65.0 Å². The third kappa shape index (κ3) is 5.06. The maximum absolute atomic E-state index is 13.9. The summed E-state index contributed by atoms with van der Waals surface area (Å²) in [7, 11) is 1.29. The molecule has 0 aliphatic carbocycles. The maximum atomic E-state index is 13.9. The molecular weight excluding hydrogens is 367 g/mol. The van der Waals surface area contributed by atoms with Gasteiger partial charge in [-0.25, -0.2) is 9.18 Å². The monoisotopic (exact) mass is 388 g/mol. The van der Waals surface area contributed by atoms with Crippen LogP contribution in [0.15, 0.2) is 42.5 Å². The van der Waals surface area contributed by atoms with Crippen molar-refractivity contribution >= 4 is 17.8 Å². The van der Waals surface area contributed by atoms with Crippen molar-refractivity contribution in [1.82, 2.24) is 10.6 Å². The van der Waals surface area contributed by atoms with Crippen LogP contribution < -0.4 is 15.4 Å². The summed E-state index contributed by atoms with van der Waals surface area (Å²) in [5.74, 6) is -3.06. The molecular formula is C20H21FN2O5. The molecule has 7 nitrogen and oxygen atoms in total. The zero-order valence-corrected chi connectivity index (χ0v) is 15.7. The van der Waals surface area contributed by atoms with Crippen molar-refractivity contribution in [1.29, 1.82) is 0 Å². The number of carbonyl (C=O) groups is 3. The summed E-state index contributed by atoms with van der Waals surface area (Å²) in [6.07, 6.45) is 0. The first kappa shape index (κ1) is 20.9. The molecule has 0 aliphatic rings. The number of amides is 2. The first-order chi connectivity index (χ1) is 13.2. The quantitative estimate of drug-likeness (QED) is 0.676. The Labute approximate surface area is 161 Å². The fourth-order valence-electron chi connectivity index (χ4n) is 2.48. The van der Waals surface area contributed by atoms with E-state index in [2.05, 4.69) is 10.6 Å². The van der Waals surface area contributed by atoms with Crippen molar-refractivity contribution < 1.29 is 28.6 Å². The highest BCUT2D eigenvalue weighted by molar-refractivity contribution is 5.99. The van der Waals surface area contributed by atoms with Crippen LogP contribution in [0.4, 0.5) is 4.39 Å². The van der Waals surface area contributed by atoms with Gasteiger partial charge in [-0.15, -0.1) is 0 Å². The summed E-state index contributed by atoms with van der Waals surface area (Å²) in [6, 6.07) is 7.93. The fraction of sp³-hybridized carbons (Fsp3) is 0.250. The molecule has 0 saturated heterocycles. The number of rotatable bonds is 7. The number of halogens is 1. The molecule has 0 heterocycles. The van der Waals surface area contributed by atoms with Crippen LogP contribution in [0.2, 0.25) is 0 Å². The lowest BCUT2D eigenvalue weighted by atomic mass is 10.1. The molecule has 3 N–H and O–H groups in total. The Hall–Kier alpha value is -3.42. The number of carboxylic acid groups (broad SMARTS) is 1. The fourth-order valence-corrected chi connectivity index (χ4v) is 2.48. The number of benzene rings is 2. The zero-order chi connectivity index (χ0) is 20.8. The summed E-state index contributed by atoms with van der Waals surface area (Å²) in [5, 5.41) is 14.5. The Balaban J connectivity index is 2.17. The first-order valence-electron chi connectivity index (χ1n) is 8.51. The third-order valence-electron chi connectivity index (χ3n) is 3.86. The van der Waals surface area contributed by atoms with Gasteiger partial charge in [0, 0.05) is 17.2 Å². The number of aliphatic carboxylic acids is 1. The van der Waals surface area contributed by atoms with Gasteiger partial charge in [0.15, 0.2) is 17.6 Å². The predicted molar refractivity (Wildman–Crippen MR) is 99.8 cm³/mol. The number of hydrogen-bond acceptors (Lipinski definition) is 4. The Morgan fingerprint density at radius 1 is 0.964 bits per heavy atom. The molecule has 0 fully saturated rings. The standard InChI is InChI=1S/C20H21FN2O5/c1-11(2)22-18(24)12-4-6-13(7-5-12)19(25)23-17(20(26)27)14-8-9-16(28-3)15(21)10-14/h4-11,17H,1-3H3,(H,22,24)(H,23,25)(H,26,27). The van der Waals surface area contributed by atoms with Gasteiger partial charge in [-0.05, 0) is 55.8 Å². The molecule has 0 saturated carbocycles. The van der Waals surface area contributed by atoms with E-state index in [1.54, 1.807) is 0 Å². The van der Waals surface area contributed by atoms with Gasteiger partial charge in [-0.2, -0.15) is 0 Å². The molecule has 0 bridgehead atoms. The highest BCUT2D eigenvalue weighted by atomic mass is 19.1. The van der Waals surface area contributed by atoms with Gasteiger partial charge in [0.25, 0.3) is 11.8 Å². The van der Waals surface area contributed by atoms with Crippen LogP contribution in [-0.2, 0) is 4.79 Å². The molecule has 8 heteroatoms. The van der Waals surface area contributed by atoms with Gasteiger partial charge in [0.05, 0.1) is 7.11 Å². The van der Waals surface area contributed by atoms with Crippen LogP contribution in [0.25, 0.3) is 0 Å². The van der Waals surface area contributed by atoms with E-state index < -0.39 is 23.7 Å². The van der Waals surface area contributed by atoms with Crippen molar-refractivity contribution in [2.75, 3.05) is 7.11 Å². The third-order valence-corrected chi connectivity index (χ3v) is 3.86. The highest BCUT2D eigenvalue weighted by Gasteiger charge is 2.24. The van der Waals surface area contributed by atoms with E-state index >= 15 is 0 Å². The second-order valence-electron chi connectivity index (χ2n) is 6.34. The molecule has 0 radical (unpaired) electrons. The average molecular weight is 388 g/mol. The molecule has 0 spiro atoms. The van der Waals surface area contributed by atoms with Crippen molar-refractivity contribution in [2.45, 2.75) is 25.9 Å². The maximum Gasteiger partial charge on any atom is 0.330 e. The van der Waals surface area contributed by atoms with E-state index in [0.29, 0.717) is 5.56 Å². The number of carboxylic acids is 1. The number of nitrogens with one attached hydrogen (secondary N) is 2. The van der Waals surface area contributed by atoms with Crippen LogP contribution in [0, 0.1) is 5.82 Å². The Bertz CT molecular complexity index is 881. The van der Waals surface area contributed by atoms with E-state index in [1.807, 2.05) is 13.8 Å². The molecule has 1 unspecified atom stereocenters. The van der Waals surface area contributed by atoms with Gasteiger partial charge in [0.1, 0.15) is 0 Å². The van der Waals surface area contributed by atoms with Gasteiger partial charge in [0.2, 0.25) is 0 Å². The topological polar surface area (TPSA) is 105 Å². The van der Waals surface area contributed by atoms with Crippen LogP contribution >= 0.6 is 0 Å².